The van der Waals surface area contributed by atoms with E-state index in [1.165, 1.54) is 36.7 Å². The van der Waals surface area contributed by atoms with Crippen LogP contribution in [0.5, 0.6) is 0 Å². The predicted molar refractivity (Wildman–Crippen MR) is 75.7 cm³/mol. The Balaban J connectivity index is 2.21. The molecular formula is C16H9F4N3. The number of halogens is 4. The third-order valence-corrected chi connectivity index (χ3v) is 3.15. The molecule has 0 unspecified atom stereocenters. The van der Waals surface area contributed by atoms with E-state index >= 15 is 0 Å². The van der Waals surface area contributed by atoms with Gasteiger partial charge < -0.3 is 0 Å². The van der Waals surface area contributed by atoms with Gasteiger partial charge in [-0.15, -0.1) is 0 Å². The minimum Gasteiger partial charge on any atom is -0.265 e. The van der Waals surface area contributed by atoms with Crippen LogP contribution in [0.3, 0.4) is 0 Å². The van der Waals surface area contributed by atoms with Gasteiger partial charge in [-0.25, -0.2) is 14.4 Å². The fourth-order valence-electron chi connectivity index (χ4n) is 2.09. The maximum absolute atomic E-state index is 13.1. The number of hydrogen-bond acceptors (Lipinski definition) is 3. The van der Waals surface area contributed by atoms with E-state index in [1.54, 1.807) is 12.1 Å². The third-order valence-electron chi connectivity index (χ3n) is 3.15. The number of hydrogen-bond donors (Lipinski definition) is 0. The van der Waals surface area contributed by atoms with Crippen molar-refractivity contribution in [3.05, 3.63) is 66.6 Å². The van der Waals surface area contributed by atoms with Crippen LogP contribution < -0.4 is 0 Å². The van der Waals surface area contributed by atoms with Crippen LogP contribution in [-0.4, -0.2) is 15.0 Å². The van der Waals surface area contributed by atoms with E-state index in [0.29, 0.717) is 16.7 Å². The minimum atomic E-state index is -4.65. The van der Waals surface area contributed by atoms with E-state index in [1.807, 2.05) is 0 Å². The molecule has 0 saturated heterocycles. The molecule has 0 aliphatic carbocycles. The minimum absolute atomic E-state index is 0.112. The number of aromatic nitrogens is 3. The monoisotopic (exact) mass is 319 g/mol. The summed E-state index contributed by atoms with van der Waals surface area (Å²) < 4.78 is 51.7. The lowest BCUT2D eigenvalue weighted by Crippen LogP contribution is -2.12. The van der Waals surface area contributed by atoms with Gasteiger partial charge in [0.05, 0.1) is 5.69 Å². The molecule has 0 radical (unpaired) electrons. The molecule has 2 heterocycles. The molecule has 3 nitrogen and oxygen atoms in total. The van der Waals surface area contributed by atoms with Gasteiger partial charge in [-0.2, -0.15) is 13.2 Å². The normalized spacial score (nSPS) is 11.5. The lowest BCUT2D eigenvalue weighted by Gasteiger charge is -2.12. The van der Waals surface area contributed by atoms with Crippen LogP contribution in [0.1, 0.15) is 5.82 Å². The topological polar surface area (TPSA) is 38.7 Å². The summed E-state index contributed by atoms with van der Waals surface area (Å²) >= 11 is 0. The number of pyridine rings is 1. The highest BCUT2D eigenvalue weighted by Crippen LogP contribution is 2.33. The van der Waals surface area contributed by atoms with Gasteiger partial charge in [-0.05, 0) is 29.8 Å². The van der Waals surface area contributed by atoms with Crippen molar-refractivity contribution in [3.63, 3.8) is 0 Å². The van der Waals surface area contributed by atoms with Crippen LogP contribution in [0.4, 0.5) is 17.6 Å². The molecule has 3 aromatic rings. The van der Waals surface area contributed by atoms with Crippen molar-refractivity contribution in [2.45, 2.75) is 6.18 Å². The van der Waals surface area contributed by atoms with E-state index in [9.17, 15) is 17.6 Å². The Morgan fingerprint density at radius 1 is 0.826 bits per heavy atom. The number of alkyl halides is 3. The summed E-state index contributed by atoms with van der Waals surface area (Å²) in [5.41, 5.74) is 1.48. The lowest BCUT2D eigenvalue weighted by atomic mass is 10.0. The van der Waals surface area contributed by atoms with Crippen molar-refractivity contribution in [2.24, 2.45) is 0 Å². The molecule has 0 spiro atoms. The van der Waals surface area contributed by atoms with Gasteiger partial charge >= 0.3 is 6.18 Å². The fourth-order valence-corrected chi connectivity index (χ4v) is 2.09. The first-order chi connectivity index (χ1) is 10.9. The highest BCUT2D eigenvalue weighted by molar-refractivity contribution is 5.79. The molecule has 0 atom stereocenters. The first kappa shape index (κ1) is 15.1. The molecular weight excluding hydrogens is 310 g/mol. The zero-order valence-electron chi connectivity index (χ0n) is 11.5. The Labute approximate surface area is 128 Å². The molecule has 23 heavy (non-hydrogen) atoms. The lowest BCUT2D eigenvalue weighted by molar-refractivity contribution is -0.144. The third kappa shape index (κ3) is 3.18. The molecule has 1 aromatic carbocycles. The van der Waals surface area contributed by atoms with Crippen LogP contribution >= 0.6 is 0 Å². The van der Waals surface area contributed by atoms with Crippen LogP contribution in [0, 0.1) is 5.82 Å². The smallest absolute Gasteiger partial charge is 0.265 e. The Kier molecular flexibility index (Phi) is 3.77. The highest BCUT2D eigenvalue weighted by atomic mass is 19.4. The van der Waals surface area contributed by atoms with Crippen molar-refractivity contribution in [1.29, 1.82) is 0 Å². The Morgan fingerprint density at radius 2 is 1.48 bits per heavy atom. The standard InChI is InChI=1S/C16H9F4N3/c17-12-3-1-10(2-4-12)13-9-22-15(16(18,19)20)23-14(13)11-5-7-21-8-6-11/h1-9H. The number of rotatable bonds is 2. The molecule has 116 valence electrons. The Morgan fingerprint density at radius 3 is 2.09 bits per heavy atom. The molecule has 7 heteroatoms. The maximum atomic E-state index is 13.1. The Bertz CT molecular complexity index is 815. The molecule has 0 saturated carbocycles. The van der Waals surface area contributed by atoms with Crippen molar-refractivity contribution in [1.82, 2.24) is 15.0 Å². The van der Waals surface area contributed by atoms with Crippen molar-refractivity contribution >= 4 is 0 Å². The molecule has 0 aliphatic rings. The van der Waals surface area contributed by atoms with Gasteiger partial charge in [-0.3, -0.25) is 4.98 Å². The first-order valence-corrected chi connectivity index (χ1v) is 6.56. The zero-order chi connectivity index (χ0) is 16.4. The van der Waals surface area contributed by atoms with E-state index in [0.717, 1.165) is 6.20 Å². The largest absolute Gasteiger partial charge is 0.451 e. The van der Waals surface area contributed by atoms with Crippen LogP contribution in [-0.2, 0) is 6.18 Å². The van der Waals surface area contributed by atoms with E-state index < -0.39 is 17.8 Å². The number of benzene rings is 1. The summed E-state index contributed by atoms with van der Waals surface area (Å²) in [5, 5.41) is 0. The molecule has 0 aliphatic heterocycles. The van der Waals surface area contributed by atoms with Gasteiger partial charge in [0.15, 0.2) is 0 Å². The summed E-state index contributed by atoms with van der Waals surface area (Å²) in [7, 11) is 0. The fraction of sp³-hybridized carbons (Fsp3) is 0.0625. The maximum Gasteiger partial charge on any atom is 0.451 e. The van der Waals surface area contributed by atoms with Crippen molar-refractivity contribution in [2.75, 3.05) is 0 Å². The quantitative estimate of drug-likeness (QED) is 0.659. The van der Waals surface area contributed by atoms with Crippen molar-refractivity contribution < 1.29 is 17.6 Å². The van der Waals surface area contributed by atoms with Gasteiger partial charge in [0.2, 0.25) is 5.82 Å². The second kappa shape index (κ2) is 5.75. The number of nitrogens with zero attached hydrogens (tertiary/aromatic N) is 3. The van der Waals surface area contributed by atoms with Crippen LogP contribution in [0.2, 0.25) is 0 Å². The predicted octanol–water partition coefficient (Wildman–Crippen LogP) is 4.36. The zero-order valence-corrected chi connectivity index (χ0v) is 11.5. The van der Waals surface area contributed by atoms with Gasteiger partial charge in [0.25, 0.3) is 0 Å². The molecule has 0 amide bonds. The molecule has 2 aromatic heterocycles. The average Bonchev–Trinajstić information content (AvgIpc) is 2.55. The Hall–Kier alpha value is -2.83. The summed E-state index contributed by atoms with van der Waals surface area (Å²) in [6, 6.07) is 8.48. The SMILES string of the molecule is Fc1ccc(-c2cnc(C(F)(F)F)nc2-c2ccncc2)cc1. The molecule has 0 N–H and O–H groups in total. The summed E-state index contributed by atoms with van der Waals surface area (Å²) in [5.74, 6) is -1.66. The summed E-state index contributed by atoms with van der Waals surface area (Å²) in [4.78, 5) is 10.9. The van der Waals surface area contributed by atoms with E-state index in [4.69, 9.17) is 0 Å². The molecule has 0 fully saturated rings. The van der Waals surface area contributed by atoms with E-state index in [2.05, 4.69) is 15.0 Å². The van der Waals surface area contributed by atoms with Crippen molar-refractivity contribution in [3.8, 4) is 22.4 Å². The second-order valence-electron chi connectivity index (χ2n) is 4.70. The van der Waals surface area contributed by atoms with Crippen LogP contribution in [0.15, 0.2) is 55.0 Å². The van der Waals surface area contributed by atoms with Gasteiger partial charge in [-0.1, -0.05) is 12.1 Å². The highest BCUT2D eigenvalue weighted by Gasteiger charge is 2.35. The molecule has 3 rings (SSSR count). The van der Waals surface area contributed by atoms with Gasteiger partial charge in [0, 0.05) is 29.7 Å². The first-order valence-electron chi connectivity index (χ1n) is 6.56. The summed E-state index contributed by atoms with van der Waals surface area (Å²) in [6.45, 7) is 0. The second-order valence-corrected chi connectivity index (χ2v) is 4.70. The summed E-state index contributed by atoms with van der Waals surface area (Å²) in [6.07, 6.45) is -0.639. The van der Waals surface area contributed by atoms with Crippen LogP contribution in [0.25, 0.3) is 22.4 Å². The van der Waals surface area contributed by atoms with Gasteiger partial charge in [0.1, 0.15) is 5.82 Å². The average molecular weight is 319 g/mol. The molecule has 0 bridgehead atoms. The van der Waals surface area contributed by atoms with E-state index in [-0.39, 0.29) is 5.69 Å².